The molecule has 0 radical (unpaired) electrons. The van der Waals surface area contributed by atoms with Gasteiger partial charge in [0.15, 0.2) is 0 Å². The van der Waals surface area contributed by atoms with Crippen LogP contribution < -0.4 is 0 Å². The number of aliphatic hydroxyl groups is 2. The van der Waals surface area contributed by atoms with Gasteiger partial charge >= 0.3 is 0 Å². The SMILES string of the molecule is C[C@@]12CC[C@H]3[C@@H]([C@H](O)C=C4C[C@@H](O)CC[C@@]43C)[C@@H]1CCC2=O. The average molecular weight is 304 g/mol. The van der Waals surface area contributed by atoms with Crippen molar-refractivity contribution in [1.82, 2.24) is 0 Å². The maximum atomic E-state index is 12.4. The molecule has 0 amide bonds. The van der Waals surface area contributed by atoms with Crippen molar-refractivity contribution in [3.63, 3.8) is 0 Å². The number of fused-ring (bicyclic) bond motifs is 5. The van der Waals surface area contributed by atoms with Crippen molar-refractivity contribution in [2.45, 2.75) is 71.0 Å². The van der Waals surface area contributed by atoms with Gasteiger partial charge in [0.25, 0.3) is 0 Å². The van der Waals surface area contributed by atoms with Crippen molar-refractivity contribution in [1.29, 1.82) is 0 Å². The largest absolute Gasteiger partial charge is 0.393 e. The molecule has 4 rings (SSSR count). The predicted molar refractivity (Wildman–Crippen MR) is 84.1 cm³/mol. The Kier molecular flexibility index (Phi) is 3.16. The summed E-state index contributed by atoms with van der Waals surface area (Å²) in [7, 11) is 0. The molecule has 0 unspecified atom stereocenters. The molecule has 3 heteroatoms. The van der Waals surface area contributed by atoms with E-state index in [1.807, 2.05) is 6.08 Å². The fourth-order valence-corrected chi connectivity index (χ4v) is 6.40. The van der Waals surface area contributed by atoms with Crippen LogP contribution in [0.25, 0.3) is 0 Å². The normalized spacial score (nSPS) is 54.3. The molecular formula is C19H28O3. The van der Waals surface area contributed by atoms with Crippen LogP contribution in [0.2, 0.25) is 0 Å². The van der Waals surface area contributed by atoms with Crippen molar-refractivity contribution in [3.8, 4) is 0 Å². The van der Waals surface area contributed by atoms with Crippen molar-refractivity contribution in [2.75, 3.05) is 0 Å². The van der Waals surface area contributed by atoms with E-state index in [0.717, 1.165) is 38.5 Å². The zero-order chi connectivity index (χ0) is 15.7. The molecule has 0 heterocycles. The molecule has 3 fully saturated rings. The zero-order valence-corrected chi connectivity index (χ0v) is 13.7. The number of hydrogen-bond donors (Lipinski definition) is 2. The minimum Gasteiger partial charge on any atom is -0.393 e. The first kappa shape index (κ1) is 14.9. The summed E-state index contributed by atoms with van der Waals surface area (Å²) in [6.45, 7) is 4.48. The quantitative estimate of drug-likeness (QED) is 0.677. The van der Waals surface area contributed by atoms with Crippen molar-refractivity contribution in [2.24, 2.45) is 28.6 Å². The van der Waals surface area contributed by atoms with Gasteiger partial charge in [0.05, 0.1) is 12.2 Å². The fraction of sp³-hybridized carbons (Fsp3) is 0.842. The summed E-state index contributed by atoms with van der Waals surface area (Å²) in [5, 5.41) is 20.8. The highest BCUT2D eigenvalue weighted by molar-refractivity contribution is 5.87. The summed E-state index contributed by atoms with van der Waals surface area (Å²) in [6, 6.07) is 0. The third-order valence-electron chi connectivity index (χ3n) is 7.81. The van der Waals surface area contributed by atoms with E-state index in [0.29, 0.717) is 24.0 Å². The second kappa shape index (κ2) is 4.67. The van der Waals surface area contributed by atoms with Crippen molar-refractivity contribution < 1.29 is 15.0 Å². The molecule has 4 aliphatic rings. The van der Waals surface area contributed by atoms with Gasteiger partial charge in [-0.15, -0.1) is 0 Å². The lowest BCUT2D eigenvalue weighted by atomic mass is 9.47. The number of Topliss-reactive ketones (excluding diaryl/α,β-unsaturated/α-hetero) is 1. The first-order chi connectivity index (χ1) is 10.4. The predicted octanol–water partition coefficient (Wildman–Crippen LogP) is 2.85. The molecule has 0 aliphatic heterocycles. The fourth-order valence-electron chi connectivity index (χ4n) is 6.40. The van der Waals surface area contributed by atoms with Crippen LogP contribution in [-0.2, 0) is 4.79 Å². The number of carbonyl (C=O) groups excluding carboxylic acids is 1. The highest BCUT2D eigenvalue weighted by Gasteiger charge is 2.60. The van der Waals surface area contributed by atoms with Crippen LogP contribution in [0.5, 0.6) is 0 Å². The van der Waals surface area contributed by atoms with Gasteiger partial charge in [-0.1, -0.05) is 25.5 Å². The Labute approximate surface area is 132 Å². The van der Waals surface area contributed by atoms with E-state index in [2.05, 4.69) is 13.8 Å². The van der Waals surface area contributed by atoms with Crippen LogP contribution in [0, 0.1) is 28.6 Å². The van der Waals surface area contributed by atoms with Crippen LogP contribution in [-0.4, -0.2) is 28.2 Å². The molecule has 0 aromatic carbocycles. The minimum absolute atomic E-state index is 0.121. The zero-order valence-electron chi connectivity index (χ0n) is 13.7. The first-order valence-electron chi connectivity index (χ1n) is 8.97. The Balaban J connectivity index is 1.75. The Hall–Kier alpha value is -0.670. The Morgan fingerprint density at radius 1 is 1.05 bits per heavy atom. The number of rotatable bonds is 0. The lowest BCUT2D eigenvalue weighted by molar-refractivity contribution is -0.135. The van der Waals surface area contributed by atoms with Gasteiger partial charge in [-0.05, 0) is 61.7 Å². The van der Waals surface area contributed by atoms with Crippen molar-refractivity contribution >= 4 is 5.78 Å². The van der Waals surface area contributed by atoms with Gasteiger partial charge in [0, 0.05) is 11.8 Å². The summed E-state index contributed by atoms with van der Waals surface area (Å²) in [4.78, 5) is 12.4. The Morgan fingerprint density at radius 2 is 1.73 bits per heavy atom. The van der Waals surface area contributed by atoms with Crippen LogP contribution in [0.4, 0.5) is 0 Å². The molecule has 0 aromatic rings. The van der Waals surface area contributed by atoms with Gasteiger partial charge in [-0.3, -0.25) is 4.79 Å². The molecule has 122 valence electrons. The molecule has 0 saturated heterocycles. The minimum atomic E-state index is -0.436. The van der Waals surface area contributed by atoms with E-state index in [4.69, 9.17) is 0 Å². The molecular weight excluding hydrogens is 276 g/mol. The van der Waals surface area contributed by atoms with Crippen LogP contribution in [0.1, 0.15) is 58.8 Å². The van der Waals surface area contributed by atoms with E-state index in [9.17, 15) is 15.0 Å². The number of carbonyl (C=O) groups is 1. The average Bonchev–Trinajstić information content (AvgIpc) is 2.77. The molecule has 2 N–H and O–H groups in total. The number of ketones is 1. The van der Waals surface area contributed by atoms with Gasteiger partial charge in [-0.2, -0.15) is 0 Å². The number of hydrogen-bond acceptors (Lipinski definition) is 3. The van der Waals surface area contributed by atoms with E-state index < -0.39 is 6.10 Å². The molecule has 0 aromatic heterocycles. The second-order valence-corrected chi connectivity index (χ2v) is 8.70. The molecule has 3 saturated carbocycles. The molecule has 4 aliphatic carbocycles. The van der Waals surface area contributed by atoms with E-state index in [1.54, 1.807) is 0 Å². The lowest BCUT2D eigenvalue weighted by Crippen LogP contribution is -2.54. The molecule has 22 heavy (non-hydrogen) atoms. The van der Waals surface area contributed by atoms with E-state index in [1.165, 1.54) is 5.57 Å². The Morgan fingerprint density at radius 3 is 2.50 bits per heavy atom. The highest BCUT2D eigenvalue weighted by Crippen LogP contribution is 2.63. The second-order valence-electron chi connectivity index (χ2n) is 8.70. The summed E-state index contributed by atoms with van der Waals surface area (Å²) >= 11 is 0. The third-order valence-corrected chi connectivity index (χ3v) is 7.81. The number of aliphatic hydroxyl groups excluding tert-OH is 2. The summed E-state index contributed by atoms with van der Waals surface area (Å²) in [6.07, 6.45) is 7.65. The van der Waals surface area contributed by atoms with Gasteiger partial charge in [-0.25, -0.2) is 0 Å². The van der Waals surface area contributed by atoms with E-state index >= 15 is 0 Å². The maximum Gasteiger partial charge on any atom is 0.139 e. The van der Waals surface area contributed by atoms with Gasteiger partial charge in [0.2, 0.25) is 0 Å². The van der Waals surface area contributed by atoms with Crippen LogP contribution >= 0.6 is 0 Å². The van der Waals surface area contributed by atoms with E-state index in [-0.39, 0.29) is 22.9 Å². The standard InChI is InChI=1S/C19H28O3/c1-18-7-5-12(20)9-11(18)10-15(21)17-13-3-4-16(22)19(13,2)8-6-14(17)18/h10,12-15,17,20-21H,3-9H2,1-2H3/t12-,13-,14-,15+,17-,18-,19+/m0/s1. The summed E-state index contributed by atoms with van der Waals surface area (Å²) in [5.41, 5.74) is 1.20. The molecule has 0 spiro atoms. The maximum absolute atomic E-state index is 12.4. The summed E-state index contributed by atoms with van der Waals surface area (Å²) < 4.78 is 0. The smallest absolute Gasteiger partial charge is 0.139 e. The summed E-state index contributed by atoms with van der Waals surface area (Å²) in [5.74, 6) is 1.46. The first-order valence-corrected chi connectivity index (χ1v) is 8.97. The van der Waals surface area contributed by atoms with Crippen LogP contribution in [0.15, 0.2) is 11.6 Å². The monoisotopic (exact) mass is 304 g/mol. The molecule has 7 atom stereocenters. The van der Waals surface area contributed by atoms with Crippen LogP contribution in [0.3, 0.4) is 0 Å². The molecule has 3 nitrogen and oxygen atoms in total. The lowest BCUT2D eigenvalue weighted by Gasteiger charge is -2.58. The molecule has 0 bridgehead atoms. The Bertz CT molecular complexity index is 539. The highest BCUT2D eigenvalue weighted by atomic mass is 16.3. The topological polar surface area (TPSA) is 57.5 Å². The van der Waals surface area contributed by atoms with Gasteiger partial charge < -0.3 is 10.2 Å². The third kappa shape index (κ3) is 1.78. The van der Waals surface area contributed by atoms with Gasteiger partial charge in [0.1, 0.15) is 5.78 Å². The van der Waals surface area contributed by atoms with Crippen molar-refractivity contribution in [3.05, 3.63) is 11.6 Å².